The first-order chi connectivity index (χ1) is 9.22. The van der Waals surface area contributed by atoms with Gasteiger partial charge in [-0.25, -0.2) is 4.79 Å². The van der Waals surface area contributed by atoms with Crippen molar-refractivity contribution in [2.75, 3.05) is 0 Å². The molecule has 2 rings (SSSR count). The molecule has 2 saturated carbocycles. The molecule has 2 nitrogen and oxygen atoms in total. The number of esters is 1. The van der Waals surface area contributed by atoms with Crippen LogP contribution in [0.3, 0.4) is 0 Å². The summed E-state index contributed by atoms with van der Waals surface area (Å²) in [6.07, 6.45) is 13.6. The smallest absolute Gasteiger partial charge is 0.330 e. The lowest BCUT2D eigenvalue weighted by Gasteiger charge is -2.36. The zero-order valence-corrected chi connectivity index (χ0v) is 12.3. The van der Waals surface area contributed by atoms with E-state index < -0.39 is 0 Å². The average Bonchev–Trinajstić information content (AvgIpc) is 2.62. The van der Waals surface area contributed by atoms with E-state index in [9.17, 15) is 4.79 Å². The van der Waals surface area contributed by atoms with Crippen LogP contribution in [-0.2, 0) is 9.53 Å². The summed E-state index contributed by atoms with van der Waals surface area (Å²) >= 11 is 0. The number of rotatable bonds is 5. The van der Waals surface area contributed by atoms with Crippen LogP contribution in [0.4, 0.5) is 0 Å². The molecule has 0 aromatic rings. The molecule has 0 N–H and O–H groups in total. The van der Waals surface area contributed by atoms with Gasteiger partial charge in [0, 0.05) is 12.0 Å². The lowest BCUT2D eigenvalue weighted by molar-refractivity contribution is -0.160. The molecule has 2 heteroatoms. The zero-order valence-electron chi connectivity index (χ0n) is 12.3. The van der Waals surface area contributed by atoms with Crippen LogP contribution in [0, 0.1) is 11.8 Å². The fourth-order valence-electron chi connectivity index (χ4n) is 4.24. The Morgan fingerprint density at radius 1 is 1.32 bits per heavy atom. The van der Waals surface area contributed by atoms with Crippen LogP contribution in [0.1, 0.15) is 71.1 Å². The van der Waals surface area contributed by atoms with Gasteiger partial charge in [-0.15, -0.1) is 0 Å². The largest absolute Gasteiger partial charge is 0.456 e. The van der Waals surface area contributed by atoms with Crippen molar-refractivity contribution >= 4 is 5.97 Å². The molecule has 0 saturated heterocycles. The predicted octanol–water partition coefficient (Wildman–Crippen LogP) is 4.63. The van der Waals surface area contributed by atoms with Crippen molar-refractivity contribution in [3.8, 4) is 0 Å². The van der Waals surface area contributed by atoms with E-state index in [-0.39, 0.29) is 11.6 Å². The average molecular weight is 264 g/mol. The van der Waals surface area contributed by atoms with Crippen molar-refractivity contribution in [2.24, 2.45) is 11.8 Å². The molecule has 2 aliphatic carbocycles. The number of ether oxygens (including phenoxy) is 1. The number of carbonyl (C=O) groups is 1. The minimum Gasteiger partial charge on any atom is -0.456 e. The summed E-state index contributed by atoms with van der Waals surface area (Å²) in [7, 11) is 0. The summed E-state index contributed by atoms with van der Waals surface area (Å²) in [5.74, 6) is 1.17. The minimum atomic E-state index is -0.221. The molecule has 0 radical (unpaired) electrons. The Bertz CT molecular complexity index is 323. The Balaban J connectivity index is 2.15. The second kappa shape index (κ2) is 6.58. The highest BCUT2D eigenvalue weighted by Gasteiger charge is 2.50. The molecule has 0 heterocycles. The number of fused-ring (bicyclic) bond motifs is 1. The van der Waals surface area contributed by atoms with E-state index in [2.05, 4.69) is 13.5 Å². The Morgan fingerprint density at radius 3 is 2.84 bits per heavy atom. The molecular weight excluding hydrogens is 236 g/mol. The summed E-state index contributed by atoms with van der Waals surface area (Å²) in [6.45, 7) is 5.77. The van der Waals surface area contributed by atoms with Crippen LogP contribution >= 0.6 is 0 Å². The van der Waals surface area contributed by atoms with Gasteiger partial charge in [0.25, 0.3) is 0 Å². The standard InChI is InChI=1S/C17H28O2/c1-3-5-12-17(19-16(18)4-2)13-11-14-9-7-6-8-10-15(14)17/h4,14-15H,2-3,5-13H2,1H3. The SMILES string of the molecule is C=CC(=O)OC1(CCCC)CCC2CCCCCC21. The van der Waals surface area contributed by atoms with Gasteiger partial charge in [0.2, 0.25) is 0 Å². The van der Waals surface area contributed by atoms with Crippen molar-refractivity contribution in [1.29, 1.82) is 0 Å². The molecule has 0 aromatic carbocycles. The van der Waals surface area contributed by atoms with Crippen molar-refractivity contribution in [3.63, 3.8) is 0 Å². The maximum atomic E-state index is 11.8. The van der Waals surface area contributed by atoms with Gasteiger partial charge < -0.3 is 4.74 Å². The van der Waals surface area contributed by atoms with Crippen molar-refractivity contribution < 1.29 is 9.53 Å². The van der Waals surface area contributed by atoms with Crippen LogP contribution in [0.25, 0.3) is 0 Å². The quantitative estimate of drug-likeness (QED) is 0.534. The van der Waals surface area contributed by atoms with Crippen LogP contribution in [0.5, 0.6) is 0 Å². The first kappa shape index (κ1) is 14.6. The maximum Gasteiger partial charge on any atom is 0.330 e. The Morgan fingerprint density at radius 2 is 2.11 bits per heavy atom. The van der Waals surface area contributed by atoms with Gasteiger partial charge in [-0.3, -0.25) is 0 Å². The first-order valence-corrected chi connectivity index (χ1v) is 8.07. The van der Waals surface area contributed by atoms with Crippen LogP contribution in [-0.4, -0.2) is 11.6 Å². The molecule has 3 unspecified atom stereocenters. The third-order valence-electron chi connectivity index (χ3n) is 5.20. The Kier molecular flexibility index (Phi) is 5.06. The van der Waals surface area contributed by atoms with E-state index in [1.807, 2.05) is 0 Å². The minimum absolute atomic E-state index is 0.170. The van der Waals surface area contributed by atoms with Gasteiger partial charge in [0.1, 0.15) is 5.60 Å². The molecule has 0 bridgehead atoms. The highest BCUT2D eigenvalue weighted by Crippen LogP contribution is 2.51. The maximum absolute atomic E-state index is 11.8. The number of hydrogen-bond donors (Lipinski definition) is 0. The molecule has 3 atom stereocenters. The second-order valence-electron chi connectivity index (χ2n) is 6.34. The van der Waals surface area contributed by atoms with Gasteiger partial charge in [0.05, 0.1) is 0 Å². The Hall–Kier alpha value is -0.790. The highest BCUT2D eigenvalue weighted by molar-refractivity contribution is 5.81. The van der Waals surface area contributed by atoms with E-state index in [1.54, 1.807) is 0 Å². The first-order valence-electron chi connectivity index (χ1n) is 8.07. The van der Waals surface area contributed by atoms with E-state index in [0.29, 0.717) is 5.92 Å². The summed E-state index contributed by atoms with van der Waals surface area (Å²) in [4.78, 5) is 11.8. The van der Waals surface area contributed by atoms with Crippen molar-refractivity contribution in [1.82, 2.24) is 0 Å². The van der Waals surface area contributed by atoms with Crippen molar-refractivity contribution in [3.05, 3.63) is 12.7 Å². The van der Waals surface area contributed by atoms with Crippen LogP contribution in [0.15, 0.2) is 12.7 Å². The highest BCUT2D eigenvalue weighted by atomic mass is 16.6. The Labute approximate surface area is 117 Å². The van der Waals surface area contributed by atoms with Gasteiger partial charge in [0.15, 0.2) is 0 Å². The topological polar surface area (TPSA) is 26.3 Å². The van der Waals surface area contributed by atoms with E-state index in [0.717, 1.165) is 25.2 Å². The third-order valence-corrected chi connectivity index (χ3v) is 5.20. The molecule has 0 aliphatic heterocycles. The monoisotopic (exact) mass is 264 g/mol. The van der Waals surface area contributed by atoms with Crippen LogP contribution < -0.4 is 0 Å². The van der Waals surface area contributed by atoms with E-state index in [1.165, 1.54) is 51.0 Å². The molecule has 0 spiro atoms. The van der Waals surface area contributed by atoms with E-state index >= 15 is 0 Å². The van der Waals surface area contributed by atoms with Gasteiger partial charge in [-0.2, -0.15) is 0 Å². The van der Waals surface area contributed by atoms with Crippen molar-refractivity contribution in [2.45, 2.75) is 76.7 Å². The molecule has 0 amide bonds. The van der Waals surface area contributed by atoms with Gasteiger partial charge in [-0.1, -0.05) is 45.6 Å². The summed E-state index contributed by atoms with van der Waals surface area (Å²) in [6, 6.07) is 0. The number of hydrogen-bond acceptors (Lipinski definition) is 2. The second-order valence-corrected chi connectivity index (χ2v) is 6.34. The van der Waals surface area contributed by atoms with Gasteiger partial charge in [-0.05, 0) is 38.0 Å². The number of unbranched alkanes of at least 4 members (excludes halogenated alkanes) is 1. The van der Waals surface area contributed by atoms with Crippen LogP contribution in [0.2, 0.25) is 0 Å². The fourth-order valence-corrected chi connectivity index (χ4v) is 4.24. The lowest BCUT2D eigenvalue weighted by atomic mass is 9.79. The van der Waals surface area contributed by atoms with Gasteiger partial charge >= 0.3 is 5.97 Å². The molecule has 2 fully saturated rings. The normalized spacial score (nSPS) is 34.4. The molecule has 0 aromatic heterocycles. The lowest BCUT2D eigenvalue weighted by Crippen LogP contribution is -2.40. The molecule has 108 valence electrons. The molecule has 2 aliphatic rings. The zero-order chi connectivity index (χ0) is 13.7. The predicted molar refractivity (Wildman–Crippen MR) is 77.8 cm³/mol. The fraction of sp³-hybridized carbons (Fsp3) is 0.824. The third kappa shape index (κ3) is 3.21. The number of carbonyl (C=O) groups excluding carboxylic acids is 1. The molecular formula is C17H28O2. The molecule has 19 heavy (non-hydrogen) atoms. The summed E-state index contributed by atoms with van der Waals surface area (Å²) < 4.78 is 5.92. The van der Waals surface area contributed by atoms with E-state index in [4.69, 9.17) is 4.74 Å². The summed E-state index contributed by atoms with van der Waals surface area (Å²) in [5.41, 5.74) is -0.170. The summed E-state index contributed by atoms with van der Waals surface area (Å²) in [5, 5.41) is 0.